The maximum absolute atomic E-state index is 12.1. The Labute approximate surface area is 134 Å². The first-order valence-electron chi connectivity index (χ1n) is 6.57. The maximum atomic E-state index is 12.1. The lowest BCUT2D eigenvalue weighted by atomic mass is 10.1. The fourth-order valence-electron chi connectivity index (χ4n) is 2.24. The minimum atomic E-state index is -0.116. The average Bonchev–Trinajstić information content (AvgIpc) is 3.02. The molecule has 0 saturated carbocycles. The third-order valence-electron chi connectivity index (χ3n) is 3.28. The molecule has 3 rings (SSSR count). The lowest BCUT2D eigenvalue weighted by Gasteiger charge is -2.06. The molecule has 1 aliphatic heterocycles. The van der Waals surface area contributed by atoms with E-state index in [-0.39, 0.29) is 11.8 Å². The monoisotopic (exact) mass is 364 g/mol. The average molecular weight is 365 g/mol. The van der Waals surface area contributed by atoms with Crippen LogP contribution in [0.15, 0.2) is 34.1 Å². The Bertz CT molecular complexity index is 711. The Morgan fingerprint density at radius 3 is 2.95 bits per heavy atom. The van der Waals surface area contributed by atoms with E-state index in [0.717, 1.165) is 21.5 Å². The molecule has 6 heteroatoms. The van der Waals surface area contributed by atoms with E-state index in [0.29, 0.717) is 18.5 Å². The zero-order valence-corrected chi connectivity index (χ0v) is 13.5. The van der Waals surface area contributed by atoms with Crippen LogP contribution in [0.3, 0.4) is 0 Å². The van der Waals surface area contributed by atoms with Crippen molar-refractivity contribution in [1.29, 1.82) is 0 Å². The van der Waals surface area contributed by atoms with Crippen LogP contribution in [-0.2, 0) is 17.6 Å². The summed E-state index contributed by atoms with van der Waals surface area (Å²) < 4.78 is 1.10. The number of halogens is 1. The number of hydrogen-bond acceptors (Lipinski definition) is 3. The molecule has 0 radical (unpaired) electrons. The Kier molecular flexibility index (Phi) is 4.07. The van der Waals surface area contributed by atoms with Gasteiger partial charge in [0.15, 0.2) is 0 Å². The van der Waals surface area contributed by atoms with Gasteiger partial charge in [0.2, 0.25) is 5.91 Å². The van der Waals surface area contributed by atoms with Crippen LogP contribution in [0.4, 0.5) is 5.69 Å². The van der Waals surface area contributed by atoms with Crippen molar-refractivity contribution >= 4 is 44.8 Å². The van der Waals surface area contributed by atoms with Crippen molar-refractivity contribution in [2.75, 3.05) is 11.9 Å². The molecule has 2 N–H and O–H groups in total. The first-order valence-corrected chi connectivity index (χ1v) is 8.18. The molecule has 2 aromatic rings. The summed E-state index contributed by atoms with van der Waals surface area (Å²) in [5, 5.41) is 5.65. The summed E-state index contributed by atoms with van der Waals surface area (Å²) in [6, 6.07) is 9.38. The molecule has 1 aromatic heterocycles. The van der Waals surface area contributed by atoms with Gasteiger partial charge in [-0.3, -0.25) is 9.59 Å². The smallest absolute Gasteiger partial charge is 0.251 e. The highest BCUT2D eigenvalue weighted by Gasteiger charge is 2.18. The van der Waals surface area contributed by atoms with E-state index in [1.807, 2.05) is 18.2 Å². The van der Waals surface area contributed by atoms with Gasteiger partial charge in [0.1, 0.15) is 0 Å². The van der Waals surface area contributed by atoms with Crippen molar-refractivity contribution in [3.05, 3.63) is 50.1 Å². The number of thiophene rings is 1. The van der Waals surface area contributed by atoms with Crippen LogP contribution >= 0.6 is 27.3 Å². The summed E-state index contributed by atoms with van der Waals surface area (Å²) in [5.41, 5.74) is 2.26. The zero-order chi connectivity index (χ0) is 14.8. The van der Waals surface area contributed by atoms with Crippen LogP contribution in [0.2, 0.25) is 0 Å². The van der Waals surface area contributed by atoms with Gasteiger partial charge < -0.3 is 10.6 Å². The molecule has 0 aliphatic carbocycles. The van der Waals surface area contributed by atoms with E-state index in [1.54, 1.807) is 23.5 Å². The van der Waals surface area contributed by atoms with Crippen LogP contribution in [0.5, 0.6) is 0 Å². The molecule has 1 aromatic carbocycles. The largest absolute Gasteiger partial charge is 0.352 e. The molecule has 0 atom stereocenters. The van der Waals surface area contributed by atoms with Gasteiger partial charge in [-0.05, 0) is 52.2 Å². The third-order valence-corrected chi connectivity index (χ3v) is 4.97. The first kappa shape index (κ1) is 14.3. The van der Waals surface area contributed by atoms with Crippen molar-refractivity contribution in [2.45, 2.75) is 12.8 Å². The molecule has 0 saturated heterocycles. The summed E-state index contributed by atoms with van der Waals surface area (Å²) in [7, 11) is 0. The lowest BCUT2D eigenvalue weighted by Crippen LogP contribution is -2.25. The standard InChI is InChI=1S/C15H13BrN2O2S/c16-13-4-3-11(21-13)5-6-17-15(20)10-2-1-9-8-14(19)18-12(9)7-10/h1-4,7H,5-6,8H2,(H,17,20)(H,18,19). The molecule has 1 aliphatic rings. The summed E-state index contributed by atoms with van der Waals surface area (Å²) in [5.74, 6) is -0.139. The minimum absolute atomic E-state index is 0.0224. The molecular formula is C15H13BrN2O2S. The second kappa shape index (κ2) is 5.99. The number of fused-ring (bicyclic) bond motifs is 1. The van der Waals surface area contributed by atoms with E-state index in [2.05, 4.69) is 26.6 Å². The van der Waals surface area contributed by atoms with Gasteiger partial charge in [-0.2, -0.15) is 0 Å². The number of benzene rings is 1. The summed E-state index contributed by atoms with van der Waals surface area (Å²) >= 11 is 5.09. The van der Waals surface area contributed by atoms with Gasteiger partial charge in [0.05, 0.1) is 10.2 Å². The number of amides is 2. The van der Waals surface area contributed by atoms with Gasteiger partial charge in [-0.1, -0.05) is 6.07 Å². The highest BCUT2D eigenvalue weighted by molar-refractivity contribution is 9.11. The van der Waals surface area contributed by atoms with Crippen molar-refractivity contribution in [3.8, 4) is 0 Å². The minimum Gasteiger partial charge on any atom is -0.352 e. The van der Waals surface area contributed by atoms with Crippen LogP contribution in [0.1, 0.15) is 20.8 Å². The lowest BCUT2D eigenvalue weighted by molar-refractivity contribution is -0.115. The van der Waals surface area contributed by atoms with Crippen molar-refractivity contribution in [1.82, 2.24) is 5.32 Å². The number of anilines is 1. The maximum Gasteiger partial charge on any atom is 0.251 e. The van der Waals surface area contributed by atoms with Crippen LogP contribution < -0.4 is 10.6 Å². The molecule has 2 amide bonds. The summed E-state index contributed by atoms with van der Waals surface area (Å²) in [4.78, 5) is 24.6. The van der Waals surface area contributed by atoms with Crippen LogP contribution in [0.25, 0.3) is 0 Å². The fraction of sp³-hybridized carbons (Fsp3) is 0.200. The number of nitrogens with one attached hydrogen (secondary N) is 2. The highest BCUT2D eigenvalue weighted by atomic mass is 79.9. The number of carbonyl (C=O) groups is 2. The second-order valence-electron chi connectivity index (χ2n) is 4.81. The molecule has 2 heterocycles. The predicted octanol–water partition coefficient (Wildman–Crippen LogP) is 2.98. The van der Waals surface area contributed by atoms with E-state index in [1.165, 1.54) is 4.88 Å². The van der Waals surface area contributed by atoms with Gasteiger partial charge >= 0.3 is 0 Å². The van der Waals surface area contributed by atoms with E-state index in [4.69, 9.17) is 0 Å². The van der Waals surface area contributed by atoms with Crippen molar-refractivity contribution in [3.63, 3.8) is 0 Å². The van der Waals surface area contributed by atoms with Gasteiger partial charge in [0, 0.05) is 22.7 Å². The molecule has 0 unspecified atom stereocenters. The SMILES string of the molecule is O=C1Cc2ccc(C(=O)NCCc3ccc(Br)s3)cc2N1. The first-order chi connectivity index (χ1) is 10.1. The third kappa shape index (κ3) is 3.33. The fourth-order valence-corrected chi connectivity index (χ4v) is 3.73. The highest BCUT2D eigenvalue weighted by Crippen LogP contribution is 2.24. The van der Waals surface area contributed by atoms with Crippen molar-refractivity contribution < 1.29 is 9.59 Å². The van der Waals surface area contributed by atoms with Gasteiger partial charge in [-0.15, -0.1) is 11.3 Å². The Balaban J connectivity index is 1.58. The molecule has 4 nitrogen and oxygen atoms in total. The number of hydrogen-bond donors (Lipinski definition) is 2. The molecule has 0 spiro atoms. The number of carbonyl (C=O) groups excluding carboxylic acids is 2. The van der Waals surface area contributed by atoms with Crippen LogP contribution in [0, 0.1) is 0 Å². The molecular weight excluding hydrogens is 352 g/mol. The zero-order valence-electron chi connectivity index (χ0n) is 11.1. The van der Waals surface area contributed by atoms with E-state index in [9.17, 15) is 9.59 Å². The quantitative estimate of drug-likeness (QED) is 0.875. The van der Waals surface area contributed by atoms with E-state index < -0.39 is 0 Å². The number of rotatable bonds is 4. The van der Waals surface area contributed by atoms with Gasteiger partial charge in [-0.25, -0.2) is 0 Å². The Hall–Kier alpha value is -1.66. The normalized spacial score (nSPS) is 12.9. The molecule has 21 heavy (non-hydrogen) atoms. The van der Waals surface area contributed by atoms with Gasteiger partial charge in [0.25, 0.3) is 5.91 Å². The molecule has 0 fully saturated rings. The van der Waals surface area contributed by atoms with E-state index >= 15 is 0 Å². The summed E-state index contributed by atoms with van der Waals surface area (Å²) in [6.45, 7) is 0.592. The van der Waals surface area contributed by atoms with Crippen molar-refractivity contribution in [2.24, 2.45) is 0 Å². The predicted molar refractivity (Wildman–Crippen MR) is 86.8 cm³/mol. The Morgan fingerprint density at radius 1 is 1.33 bits per heavy atom. The second-order valence-corrected chi connectivity index (χ2v) is 7.36. The summed E-state index contributed by atoms with van der Waals surface area (Å²) in [6.07, 6.45) is 1.20. The molecule has 108 valence electrons. The van der Waals surface area contributed by atoms with Crippen LogP contribution in [-0.4, -0.2) is 18.4 Å². The Morgan fingerprint density at radius 2 is 2.19 bits per heavy atom. The topological polar surface area (TPSA) is 58.2 Å². The molecule has 0 bridgehead atoms.